The first-order valence-corrected chi connectivity index (χ1v) is 19.7. The fraction of sp³-hybridized carbons (Fsp3) is 0.271. The van der Waals surface area contributed by atoms with Crippen LogP contribution in [0.5, 0.6) is 11.5 Å². The smallest absolute Gasteiger partial charge is 0.330 e. The topological polar surface area (TPSA) is 88.1 Å². The molecule has 0 aliphatic heterocycles. The van der Waals surface area contributed by atoms with Crippen LogP contribution in [0, 0.1) is 30.6 Å². The Balaban J connectivity index is 1.16. The highest BCUT2D eigenvalue weighted by molar-refractivity contribution is 8.14. The minimum absolute atomic E-state index is 0.0357. The molecule has 4 rings (SSSR count). The number of hydrogen-bond donors (Lipinski definition) is 0. The maximum Gasteiger partial charge on any atom is 0.330 e. The summed E-state index contributed by atoms with van der Waals surface area (Å²) in [5, 5.41) is -0.0357. The summed E-state index contributed by atoms with van der Waals surface area (Å²) in [5.74, 6) is 13.6. The van der Waals surface area contributed by atoms with Crippen molar-refractivity contribution < 1.29 is 33.3 Å². The van der Waals surface area contributed by atoms with Gasteiger partial charge in [0.25, 0.3) is 0 Å². The molecule has 288 valence electrons. The van der Waals surface area contributed by atoms with Gasteiger partial charge in [0.2, 0.25) is 5.12 Å². The Morgan fingerprint density at radius 2 is 0.929 bits per heavy atom. The Kier molecular flexibility index (Phi) is 18.7. The van der Waals surface area contributed by atoms with Crippen molar-refractivity contribution in [2.45, 2.75) is 63.2 Å². The van der Waals surface area contributed by atoms with E-state index in [1.165, 1.54) is 23.9 Å². The summed E-state index contributed by atoms with van der Waals surface area (Å²) in [4.78, 5) is 36.0. The molecule has 56 heavy (non-hydrogen) atoms. The number of carbonyl (C=O) groups excluding carboxylic acids is 3. The molecule has 4 aromatic carbocycles. The fourth-order valence-electron chi connectivity index (χ4n) is 5.21. The lowest BCUT2D eigenvalue weighted by atomic mass is 10.1. The molecule has 0 unspecified atom stereocenters. The molecule has 0 bridgehead atoms. The number of esters is 2. The summed E-state index contributed by atoms with van der Waals surface area (Å²) >= 11 is 1.20. The van der Waals surface area contributed by atoms with Gasteiger partial charge in [0.15, 0.2) is 0 Å². The molecule has 8 heteroatoms. The molecule has 7 nitrogen and oxygen atoms in total. The Labute approximate surface area is 335 Å². The summed E-state index contributed by atoms with van der Waals surface area (Å²) < 4.78 is 21.6. The highest BCUT2D eigenvalue weighted by Gasteiger charge is 2.11. The SMILES string of the molecule is C=CC(=O)OCCCCCCOc1ccc(C#Cc2ccc(C#Cc3ccc(SC(=O)c4ccc(OCCCCCCOC(=O)C=C)cc4)c(C)c3)cc2)cc1. The number of thioether (sulfide) groups is 1. The monoisotopic (exact) mass is 768 g/mol. The van der Waals surface area contributed by atoms with Crippen molar-refractivity contribution in [2.24, 2.45) is 0 Å². The van der Waals surface area contributed by atoms with Crippen molar-refractivity contribution in [3.8, 4) is 35.2 Å². The Hall–Kier alpha value is -5.96. The predicted molar refractivity (Wildman–Crippen MR) is 223 cm³/mol. The van der Waals surface area contributed by atoms with E-state index in [2.05, 4.69) is 36.8 Å². The first-order valence-electron chi connectivity index (χ1n) is 18.8. The molecule has 0 fully saturated rings. The molecule has 0 spiro atoms. The van der Waals surface area contributed by atoms with E-state index in [1.54, 1.807) is 12.1 Å². The van der Waals surface area contributed by atoms with E-state index in [1.807, 2.05) is 85.8 Å². The number of unbranched alkanes of at least 4 members (excludes halogenated alkanes) is 6. The zero-order chi connectivity index (χ0) is 39.8. The van der Waals surface area contributed by atoms with Crippen LogP contribution in [-0.2, 0) is 19.1 Å². The highest BCUT2D eigenvalue weighted by Crippen LogP contribution is 2.28. The molecule has 0 radical (unpaired) electrons. The molecular formula is C48H48O7S. The average molecular weight is 769 g/mol. The molecule has 0 atom stereocenters. The van der Waals surface area contributed by atoms with Gasteiger partial charge in [-0.1, -0.05) is 36.8 Å². The highest BCUT2D eigenvalue weighted by atomic mass is 32.2. The lowest BCUT2D eigenvalue weighted by molar-refractivity contribution is -0.138. The summed E-state index contributed by atoms with van der Waals surface area (Å²) in [7, 11) is 0. The van der Waals surface area contributed by atoms with Crippen LogP contribution in [0.1, 0.15) is 89.5 Å². The van der Waals surface area contributed by atoms with Crippen LogP contribution in [0.25, 0.3) is 0 Å². The van der Waals surface area contributed by atoms with Crippen molar-refractivity contribution >= 4 is 28.8 Å². The Bertz CT molecular complexity index is 2030. The van der Waals surface area contributed by atoms with Crippen molar-refractivity contribution in [1.82, 2.24) is 0 Å². The van der Waals surface area contributed by atoms with Crippen LogP contribution in [-0.4, -0.2) is 43.5 Å². The lowest BCUT2D eigenvalue weighted by Crippen LogP contribution is -2.02. The molecule has 0 aliphatic carbocycles. The Morgan fingerprint density at radius 1 is 0.536 bits per heavy atom. The molecule has 0 heterocycles. The second-order valence-corrected chi connectivity index (χ2v) is 13.8. The third-order valence-corrected chi connectivity index (χ3v) is 9.45. The van der Waals surface area contributed by atoms with Crippen LogP contribution in [0.15, 0.2) is 121 Å². The predicted octanol–water partition coefficient (Wildman–Crippen LogP) is 10.1. The van der Waals surface area contributed by atoms with Crippen LogP contribution in [0.2, 0.25) is 0 Å². The minimum Gasteiger partial charge on any atom is -0.494 e. The number of ether oxygens (including phenoxy) is 4. The molecule has 0 saturated carbocycles. The third kappa shape index (κ3) is 16.2. The van der Waals surface area contributed by atoms with E-state index < -0.39 is 0 Å². The van der Waals surface area contributed by atoms with Gasteiger partial charge in [-0.2, -0.15) is 0 Å². The fourth-order valence-corrected chi connectivity index (χ4v) is 6.02. The molecule has 0 saturated heterocycles. The van der Waals surface area contributed by atoms with Gasteiger partial charge in [-0.3, -0.25) is 4.79 Å². The third-order valence-electron chi connectivity index (χ3n) is 8.35. The maximum absolute atomic E-state index is 13.0. The summed E-state index contributed by atoms with van der Waals surface area (Å²) in [6.07, 6.45) is 9.75. The molecule has 4 aromatic rings. The van der Waals surface area contributed by atoms with Crippen LogP contribution >= 0.6 is 11.8 Å². The number of hydrogen-bond acceptors (Lipinski definition) is 8. The number of aryl methyl sites for hydroxylation is 1. The summed E-state index contributed by atoms with van der Waals surface area (Å²) in [5.41, 5.74) is 5.15. The van der Waals surface area contributed by atoms with Gasteiger partial charge in [0, 0.05) is 44.9 Å². The molecule has 0 amide bonds. The quantitative estimate of drug-likeness (QED) is 0.0289. The standard InChI is InChI=1S/C48H48O7S/c1-4-46(49)54-34-12-8-6-10-32-52-43-27-22-40(23-28-43)19-18-38-14-16-39(17-15-38)20-21-41-24-31-45(37(3)36-41)56-48(51)42-25-29-44(30-26-42)53-33-11-7-9-13-35-55-47(50)5-2/h4-5,14-17,22-31,36H,1-2,6-13,32-35H2,3H3. The van der Waals surface area contributed by atoms with Crippen molar-refractivity contribution in [3.63, 3.8) is 0 Å². The summed E-state index contributed by atoms with van der Waals surface area (Å²) in [6.45, 7) is 10.8. The van der Waals surface area contributed by atoms with Crippen molar-refractivity contribution in [1.29, 1.82) is 0 Å². The first kappa shape index (κ1) is 42.8. The van der Waals surface area contributed by atoms with E-state index >= 15 is 0 Å². The van der Waals surface area contributed by atoms with Gasteiger partial charge in [-0.25, -0.2) is 9.59 Å². The van der Waals surface area contributed by atoms with Crippen molar-refractivity contribution in [3.05, 3.63) is 150 Å². The van der Waals surface area contributed by atoms with E-state index in [-0.39, 0.29) is 17.1 Å². The molecular weight excluding hydrogens is 721 g/mol. The molecule has 0 aromatic heterocycles. The van der Waals surface area contributed by atoms with E-state index in [0.29, 0.717) is 32.0 Å². The van der Waals surface area contributed by atoms with E-state index in [9.17, 15) is 14.4 Å². The number of carbonyl (C=O) groups is 3. The van der Waals surface area contributed by atoms with Gasteiger partial charge in [0.1, 0.15) is 11.5 Å². The number of rotatable bonds is 20. The maximum atomic E-state index is 13.0. The van der Waals surface area contributed by atoms with Crippen molar-refractivity contribution in [2.75, 3.05) is 26.4 Å². The molecule has 0 N–H and O–H groups in total. The van der Waals surface area contributed by atoms with E-state index in [4.69, 9.17) is 18.9 Å². The van der Waals surface area contributed by atoms with E-state index in [0.717, 1.165) is 95.6 Å². The second-order valence-electron chi connectivity index (χ2n) is 12.8. The minimum atomic E-state index is -0.388. The van der Waals surface area contributed by atoms with Crippen LogP contribution in [0.3, 0.4) is 0 Å². The van der Waals surface area contributed by atoms with Crippen LogP contribution < -0.4 is 9.47 Å². The largest absolute Gasteiger partial charge is 0.494 e. The second kappa shape index (κ2) is 24.4. The van der Waals surface area contributed by atoms with Gasteiger partial charge < -0.3 is 18.9 Å². The van der Waals surface area contributed by atoms with Gasteiger partial charge in [0.05, 0.1) is 26.4 Å². The zero-order valence-corrected chi connectivity index (χ0v) is 32.8. The number of benzene rings is 4. The summed E-state index contributed by atoms with van der Waals surface area (Å²) in [6, 6.07) is 28.7. The Morgan fingerprint density at radius 3 is 1.38 bits per heavy atom. The normalized spacial score (nSPS) is 10.2. The van der Waals surface area contributed by atoms with Crippen LogP contribution in [0.4, 0.5) is 0 Å². The van der Waals surface area contributed by atoms with Gasteiger partial charge in [-0.05, 0) is 167 Å². The first-order chi connectivity index (χ1) is 27.3. The lowest BCUT2D eigenvalue weighted by Gasteiger charge is -2.08. The molecule has 0 aliphatic rings. The average Bonchev–Trinajstić information content (AvgIpc) is 3.22. The zero-order valence-electron chi connectivity index (χ0n) is 32.0. The van der Waals surface area contributed by atoms with Gasteiger partial charge >= 0.3 is 11.9 Å². The van der Waals surface area contributed by atoms with Gasteiger partial charge in [-0.15, -0.1) is 0 Å².